The molecule has 2 aromatic heterocycles. The molecule has 0 saturated heterocycles. The third-order valence-corrected chi connectivity index (χ3v) is 12.8. The summed E-state index contributed by atoms with van der Waals surface area (Å²) in [4.78, 5) is 151. The van der Waals surface area contributed by atoms with Crippen LogP contribution in [0.15, 0.2) is 85.2 Å². The summed E-state index contributed by atoms with van der Waals surface area (Å²) in [6.45, 7) is 5.33. The molecule has 0 saturated carbocycles. The van der Waals surface area contributed by atoms with Crippen LogP contribution in [0.25, 0.3) is 21.8 Å². The Morgan fingerprint density at radius 2 is 1.00 bits per heavy atom. The van der Waals surface area contributed by atoms with Crippen molar-refractivity contribution in [1.29, 1.82) is 0 Å². The summed E-state index contributed by atoms with van der Waals surface area (Å²) < 4.78 is 0. The molecular formula is C54H67N11O15. The summed E-state index contributed by atoms with van der Waals surface area (Å²) >= 11 is 0. The van der Waals surface area contributed by atoms with Gasteiger partial charge in [0, 0.05) is 53.5 Å². The molecule has 8 amide bonds. The van der Waals surface area contributed by atoms with Crippen LogP contribution in [0.3, 0.4) is 0 Å². The van der Waals surface area contributed by atoms with Crippen molar-refractivity contribution in [3.8, 4) is 5.75 Å². The number of hydrogen-bond acceptors (Lipinski definition) is 13. The van der Waals surface area contributed by atoms with Gasteiger partial charge in [-0.3, -0.25) is 47.9 Å². The first-order valence-electron chi connectivity index (χ1n) is 25.6. The molecule has 0 radical (unpaired) electrons. The summed E-state index contributed by atoms with van der Waals surface area (Å²) in [5.41, 5.74) is 9.49. The maximum Gasteiger partial charge on any atom is 0.326 e. The Morgan fingerprint density at radius 1 is 0.512 bits per heavy atom. The molecular weight excluding hydrogens is 1040 g/mol. The number of aliphatic carboxylic acids is 3. The number of fused-ring (bicyclic) bond motifs is 2. The molecule has 0 aliphatic carbocycles. The van der Waals surface area contributed by atoms with Crippen molar-refractivity contribution in [2.75, 3.05) is 6.54 Å². The first-order chi connectivity index (χ1) is 37.9. The quantitative estimate of drug-likeness (QED) is 0.0281. The van der Waals surface area contributed by atoms with E-state index in [-0.39, 0.29) is 37.4 Å². The van der Waals surface area contributed by atoms with Gasteiger partial charge in [0.25, 0.3) is 0 Å². The SMILES string of the molecule is CC(C)C[C@H](NC(=O)[C@H](C)NC(=O)[C@H](CCC(=O)O)NC(=O)[C@H](CC(=O)O)NC(=O)[C@H](Cc1c[nH]c2ccccc12)NC(=O)CNC(=O)[C@@H](N)Cc1c[nH]c2ccccc12)C(=O)N[C@@H](C)C(=O)N[C@@H](Cc1ccc(O)cc1)C(=O)O. The number of benzene rings is 3. The minimum atomic E-state index is -1.94. The first kappa shape index (κ1) is 61.5. The number of nitrogens with one attached hydrogen (secondary N) is 10. The zero-order valence-corrected chi connectivity index (χ0v) is 44.3. The van der Waals surface area contributed by atoms with E-state index in [4.69, 9.17) is 5.73 Å². The van der Waals surface area contributed by atoms with Crippen molar-refractivity contribution in [3.05, 3.63) is 102 Å². The molecule has 0 spiro atoms. The van der Waals surface area contributed by atoms with Crippen molar-refractivity contribution < 1.29 is 73.2 Å². The summed E-state index contributed by atoms with van der Waals surface area (Å²) in [6, 6.07) is 8.26. The normalized spacial score (nSPS) is 14.2. The molecule has 2 heterocycles. The Hall–Kier alpha value is -9.33. The van der Waals surface area contributed by atoms with Gasteiger partial charge in [-0.15, -0.1) is 0 Å². The van der Waals surface area contributed by atoms with Gasteiger partial charge >= 0.3 is 17.9 Å². The van der Waals surface area contributed by atoms with Crippen LogP contribution < -0.4 is 48.3 Å². The van der Waals surface area contributed by atoms with Crippen LogP contribution in [-0.4, -0.2) is 150 Å². The average Bonchev–Trinajstić information content (AvgIpc) is 4.01. The van der Waals surface area contributed by atoms with Crippen LogP contribution in [0.2, 0.25) is 0 Å². The van der Waals surface area contributed by atoms with Crippen LogP contribution in [0.5, 0.6) is 5.75 Å². The summed E-state index contributed by atoms with van der Waals surface area (Å²) in [7, 11) is 0. The number of aromatic nitrogens is 2. The van der Waals surface area contributed by atoms with E-state index < -0.39 is 139 Å². The van der Waals surface area contributed by atoms with Gasteiger partial charge in [0.2, 0.25) is 47.3 Å². The predicted molar refractivity (Wildman–Crippen MR) is 288 cm³/mol. The maximum atomic E-state index is 14.2. The van der Waals surface area contributed by atoms with Crippen LogP contribution in [0.1, 0.15) is 70.1 Å². The van der Waals surface area contributed by atoms with Crippen LogP contribution in [-0.2, 0) is 72.0 Å². The van der Waals surface area contributed by atoms with E-state index in [0.717, 1.165) is 16.5 Å². The van der Waals surface area contributed by atoms with Gasteiger partial charge in [0.15, 0.2) is 0 Å². The number of phenols is 1. The monoisotopic (exact) mass is 1110 g/mol. The number of aromatic hydroxyl groups is 1. The Balaban J connectivity index is 1.24. The van der Waals surface area contributed by atoms with Crippen LogP contribution in [0, 0.1) is 5.92 Å². The molecule has 3 aromatic carbocycles. The van der Waals surface area contributed by atoms with Gasteiger partial charge in [-0.2, -0.15) is 0 Å². The number of rotatable bonds is 30. The fraction of sp³-hybridized carbons (Fsp3) is 0.389. The van der Waals surface area contributed by atoms with E-state index in [0.29, 0.717) is 22.0 Å². The molecule has 5 aromatic rings. The van der Waals surface area contributed by atoms with Crippen LogP contribution in [0.4, 0.5) is 0 Å². The fourth-order valence-corrected chi connectivity index (χ4v) is 8.49. The van der Waals surface area contributed by atoms with Crippen molar-refractivity contribution >= 4 is 87.0 Å². The standard InChI is InChI=1S/C54H67N11O15/c1-27(2)19-40(51(76)60-29(4)48(73)65-43(54(79)80)20-30-13-15-33(66)16-14-30)63-47(72)28(3)59-50(75)39(17-18-45(68)69)62-53(78)42(23-46(70)71)64-52(77)41(22-32-25-57-38-12-8-6-10-35(32)38)61-44(67)26-58-49(74)36(55)21-31-24-56-37-11-7-5-9-34(31)37/h5-16,24-25,27-29,36,39-43,56-57,66H,17-23,26,55H2,1-4H3,(H,58,74)(H,59,75)(H,60,76)(H,61,67)(H,62,78)(H,63,72)(H,64,77)(H,65,73)(H,68,69)(H,70,71)(H,79,80)/t28-,29-,36-,39-,40-,41-,42-,43-/m0/s1. The summed E-state index contributed by atoms with van der Waals surface area (Å²) in [5, 5.41) is 59.5. The summed E-state index contributed by atoms with van der Waals surface area (Å²) in [5.74, 6) is -12.3. The van der Waals surface area contributed by atoms with Gasteiger partial charge in [-0.05, 0) is 80.0 Å². The number of carbonyl (C=O) groups excluding carboxylic acids is 8. The molecule has 0 aliphatic heterocycles. The maximum absolute atomic E-state index is 14.2. The van der Waals surface area contributed by atoms with Crippen molar-refractivity contribution in [3.63, 3.8) is 0 Å². The van der Waals surface area contributed by atoms with Gasteiger partial charge < -0.3 is 78.7 Å². The van der Waals surface area contributed by atoms with Crippen molar-refractivity contribution in [2.45, 2.75) is 121 Å². The number of carbonyl (C=O) groups is 11. The highest BCUT2D eigenvalue weighted by Crippen LogP contribution is 2.21. The molecule has 26 heteroatoms. The third kappa shape index (κ3) is 18.4. The molecule has 428 valence electrons. The molecule has 80 heavy (non-hydrogen) atoms. The minimum absolute atomic E-state index is 0.0177. The lowest BCUT2D eigenvalue weighted by Gasteiger charge is -2.26. The lowest BCUT2D eigenvalue weighted by molar-refractivity contribution is -0.142. The van der Waals surface area contributed by atoms with E-state index in [1.165, 1.54) is 38.1 Å². The number of phenolic OH excluding ortho intramolecular Hbond substituents is 1. The smallest absolute Gasteiger partial charge is 0.326 e. The van der Waals surface area contributed by atoms with Gasteiger partial charge in [0.05, 0.1) is 19.0 Å². The first-order valence-corrected chi connectivity index (χ1v) is 25.6. The highest BCUT2D eigenvalue weighted by molar-refractivity contribution is 5.99. The lowest BCUT2D eigenvalue weighted by Crippen LogP contribution is -2.60. The number of para-hydroxylation sites is 2. The van der Waals surface area contributed by atoms with Gasteiger partial charge in [-0.1, -0.05) is 62.4 Å². The van der Waals surface area contributed by atoms with Crippen LogP contribution >= 0.6 is 0 Å². The number of carboxylic acid groups (broad SMARTS) is 3. The van der Waals surface area contributed by atoms with E-state index in [9.17, 15) is 73.2 Å². The topological polar surface area (TPSA) is 423 Å². The Kier molecular flexibility index (Phi) is 22.2. The number of aromatic amines is 2. The molecule has 0 unspecified atom stereocenters. The molecule has 8 atom stereocenters. The predicted octanol–water partition coefficient (Wildman–Crippen LogP) is -0.270. The molecule has 26 nitrogen and oxygen atoms in total. The van der Waals surface area contributed by atoms with Gasteiger partial charge in [0.1, 0.15) is 48.0 Å². The van der Waals surface area contributed by atoms with E-state index in [1.54, 1.807) is 50.5 Å². The zero-order chi connectivity index (χ0) is 58.8. The summed E-state index contributed by atoms with van der Waals surface area (Å²) in [6.07, 6.45) is 0.700. The average molecular weight is 1110 g/mol. The Labute approximate surface area is 458 Å². The number of carboxylic acids is 3. The highest BCUT2D eigenvalue weighted by atomic mass is 16.4. The Bertz CT molecular complexity index is 3070. The second-order valence-electron chi connectivity index (χ2n) is 19.6. The largest absolute Gasteiger partial charge is 0.508 e. The number of nitrogens with two attached hydrogens (primary N) is 1. The second kappa shape index (κ2) is 28.9. The van der Waals surface area contributed by atoms with E-state index in [2.05, 4.69) is 52.5 Å². The third-order valence-electron chi connectivity index (χ3n) is 12.8. The highest BCUT2D eigenvalue weighted by Gasteiger charge is 2.34. The fourth-order valence-electron chi connectivity index (χ4n) is 8.49. The van der Waals surface area contributed by atoms with Crippen molar-refractivity contribution in [2.24, 2.45) is 11.7 Å². The molecule has 5 rings (SSSR count). The molecule has 0 fully saturated rings. The lowest BCUT2D eigenvalue weighted by atomic mass is 10.0. The minimum Gasteiger partial charge on any atom is -0.508 e. The zero-order valence-electron chi connectivity index (χ0n) is 44.3. The second-order valence-corrected chi connectivity index (χ2v) is 19.6. The number of H-pyrrole nitrogens is 2. The Morgan fingerprint density at radius 3 is 1.54 bits per heavy atom. The van der Waals surface area contributed by atoms with E-state index in [1.807, 2.05) is 24.3 Å². The number of amides is 8. The van der Waals surface area contributed by atoms with Gasteiger partial charge in [-0.25, -0.2) is 4.79 Å². The molecule has 0 aliphatic rings. The molecule has 16 N–H and O–H groups in total. The van der Waals surface area contributed by atoms with Crippen molar-refractivity contribution in [1.82, 2.24) is 52.5 Å². The van der Waals surface area contributed by atoms with E-state index >= 15 is 0 Å². The molecule has 0 bridgehead atoms. The number of hydrogen-bond donors (Lipinski definition) is 15.